The van der Waals surface area contributed by atoms with E-state index in [0.29, 0.717) is 0 Å². The van der Waals surface area contributed by atoms with E-state index in [1.54, 1.807) is 0 Å². The maximum absolute atomic E-state index is 6.31. The summed E-state index contributed by atoms with van der Waals surface area (Å²) in [7, 11) is 0. The Labute approximate surface area is 305 Å². The highest BCUT2D eigenvalue weighted by Crippen LogP contribution is 2.48. The summed E-state index contributed by atoms with van der Waals surface area (Å²) in [4.78, 5) is 0. The van der Waals surface area contributed by atoms with Crippen LogP contribution in [0.2, 0.25) is 0 Å². The van der Waals surface area contributed by atoms with Crippen LogP contribution in [0.3, 0.4) is 0 Å². The molecule has 0 saturated carbocycles. The minimum Gasteiger partial charge on any atom is -0.456 e. The van der Waals surface area contributed by atoms with Crippen molar-refractivity contribution in [1.29, 1.82) is 0 Å². The van der Waals surface area contributed by atoms with Crippen molar-refractivity contribution in [3.05, 3.63) is 158 Å². The number of hydrogen-bond donors (Lipinski definition) is 0. The predicted molar refractivity (Wildman–Crippen MR) is 224 cm³/mol. The molecule has 0 N–H and O–H groups in total. The molecule has 0 aliphatic carbocycles. The van der Waals surface area contributed by atoms with Crippen LogP contribution < -0.4 is 0 Å². The number of fused-ring (bicyclic) bond motifs is 17. The largest absolute Gasteiger partial charge is 0.456 e. The number of aromatic nitrogens is 2. The minimum atomic E-state index is 0.913. The molecule has 0 atom stereocenters. The van der Waals surface area contributed by atoms with Gasteiger partial charge in [0.25, 0.3) is 0 Å². The molecule has 0 aliphatic rings. The Balaban J connectivity index is 1.10. The summed E-state index contributed by atoms with van der Waals surface area (Å²) < 4.78 is 17.7. The van der Waals surface area contributed by atoms with Crippen molar-refractivity contribution in [2.75, 3.05) is 0 Å². The maximum atomic E-state index is 6.31. The van der Waals surface area contributed by atoms with Crippen LogP contribution in [-0.2, 0) is 0 Å². The van der Waals surface area contributed by atoms with Crippen LogP contribution in [0.25, 0.3) is 132 Å². The standard InChI is InChI=1S/C50H26N2O2/c1-3-17-41-35(9-1)45-29(11-7-19-43(45)53-41)27-21-23-31-33-13-5-15-37-47(33)51(39(31)25-27)49-38-16-6-14-34-32-24-22-28(26-40(32)52(48(34)38)50(37)49)30-12-8-20-44-46(30)36-10-2-4-18-42(36)54-44/h1-26H. The second-order valence-corrected chi connectivity index (χ2v) is 14.8. The van der Waals surface area contributed by atoms with Gasteiger partial charge in [0.05, 0.1) is 33.1 Å². The number of nitrogens with zero attached hydrogens (tertiary/aromatic N) is 2. The zero-order valence-electron chi connectivity index (χ0n) is 28.7. The van der Waals surface area contributed by atoms with E-state index in [2.05, 4.69) is 154 Å². The second-order valence-electron chi connectivity index (χ2n) is 14.8. The quantitative estimate of drug-likeness (QED) is 0.181. The lowest BCUT2D eigenvalue weighted by Gasteiger charge is -2.06. The van der Waals surface area contributed by atoms with Crippen molar-refractivity contribution in [2.24, 2.45) is 0 Å². The van der Waals surface area contributed by atoms with E-state index in [-0.39, 0.29) is 0 Å². The van der Waals surface area contributed by atoms with Crippen molar-refractivity contribution in [2.45, 2.75) is 0 Å². The molecule has 54 heavy (non-hydrogen) atoms. The lowest BCUT2D eigenvalue weighted by Crippen LogP contribution is -1.84. The highest BCUT2D eigenvalue weighted by atomic mass is 16.3. The summed E-state index contributed by atoms with van der Waals surface area (Å²) in [5.41, 5.74) is 15.9. The Morgan fingerprint density at radius 2 is 0.704 bits per heavy atom. The third kappa shape index (κ3) is 3.15. The number of benzene rings is 8. The van der Waals surface area contributed by atoms with Gasteiger partial charge < -0.3 is 17.6 Å². The van der Waals surface area contributed by atoms with Gasteiger partial charge in [-0.2, -0.15) is 0 Å². The molecule has 0 amide bonds. The van der Waals surface area contributed by atoms with Crippen LogP contribution in [0.1, 0.15) is 0 Å². The smallest absolute Gasteiger partial charge is 0.136 e. The zero-order chi connectivity index (χ0) is 34.8. The van der Waals surface area contributed by atoms with E-state index in [4.69, 9.17) is 8.83 Å². The molecular weight excluding hydrogens is 661 g/mol. The normalized spacial score (nSPS) is 12.8. The van der Waals surface area contributed by atoms with E-state index in [0.717, 1.165) is 43.9 Å². The number of para-hydroxylation sites is 4. The van der Waals surface area contributed by atoms with Gasteiger partial charge in [0.15, 0.2) is 0 Å². The van der Waals surface area contributed by atoms with E-state index in [1.165, 1.54) is 87.7 Å². The van der Waals surface area contributed by atoms with E-state index < -0.39 is 0 Å². The van der Waals surface area contributed by atoms with Crippen molar-refractivity contribution in [3.8, 4) is 22.3 Å². The highest BCUT2D eigenvalue weighted by molar-refractivity contribution is 6.32. The van der Waals surface area contributed by atoms with Gasteiger partial charge in [0.2, 0.25) is 0 Å². The van der Waals surface area contributed by atoms with Gasteiger partial charge in [-0.3, -0.25) is 0 Å². The molecule has 6 heterocycles. The van der Waals surface area contributed by atoms with Gasteiger partial charge in [-0.05, 0) is 58.7 Å². The molecular formula is C50H26N2O2. The second kappa shape index (κ2) is 9.37. The molecule has 0 radical (unpaired) electrons. The zero-order valence-corrected chi connectivity index (χ0v) is 28.7. The van der Waals surface area contributed by atoms with Crippen molar-refractivity contribution < 1.29 is 8.83 Å². The fraction of sp³-hybridized carbons (Fsp3) is 0. The molecule has 248 valence electrons. The van der Waals surface area contributed by atoms with Crippen LogP contribution in [0.4, 0.5) is 0 Å². The molecule has 6 aromatic heterocycles. The average molecular weight is 687 g/mol. The fourth-order valence-electron chi connectivity index (χ4n) is 10.1. The Bertz CT molecular complexity index is 3650. The summed E-state index contributed by atoms with van der Waals surface area (Å²) in [5.74, 6) is 0. The molecule has 0 fully saturated rings. The number of hydrogen-bond acceptors (Lipinski definition) is 2. The van der Waals surface area contributed by atoms with Crippen LogP contribution in [-0.4, -0.2) is 8.80 Å². The van der Waals surface area contributed by atoms with E-state index >= 15 is 0 Å². The maximum Gasteiger partial charge on any atom is 0.136 e. The van der Waals surface area contributed by atoms with Crippen LogP contribution in [0.15, 0.2) is 167 Å². The fourth-order valence-corrected chi connectivity index (χ4v) is 10.1. The molecule has 0 spiro atoms. The first kappa shape index (κ1) is 27.4. The molecule has 8 aromatic carbocycles. The first-order valence-corrected chi connectivity index (χ1v) is 18.5. The predicted octanol–water partition coefficient (Wildman–Crippen LogP) is 14.0. The van der Waals surface area contributed by atoms with Gasteiger partial charge in [-0.15, -0.1) is 0 Å². The lowest BCUT2D eigenvalue weighted by atomic mass is 9.98. The molecule has 0 bridgehead atoms. The topological polar surface area (TPSA) is 35.1 Å². The molecule has 14 rings (SSSR count). The molecule has 4 nitrogen and oxygen atoms in total. The molecule has 0 saturated heterocycles. The summed E-state index contributed by atoms with van der Waals surface area (Å²) >= 11 is 0. The van der Waals surface area contributed by atoms with Crippen LogP contribution in [0, 0.1) is 0 Å². The third-order valence-electron chi connectivity index (χ3n) is 12.2. The monoisotopic (exact) mass is 686 g/mol. The minimum absolute atomic E-state index is 0.913. The third-order valence-corrected chi connectivity index (χ3v) is 12.2. The Morgan fingerprint density at radius 3 is 1.20 bits per heavy atom. The van der Waals surface area contributed by atoms with E-state index in [1.807, 2.05) is 12.1 Å². The number of furan rings is 2. The van der Waals surface area contributed by atoms with Crippen molar-refractivity contribution in [3.63, 3.8) is 0 Å². The first-order valence-electron chi connectivity index (χ1n) is 18.5. The number of rotatable bonds is 2. The average Bonchev–Trinajstić information content (AvgIpc) is 4.06. The van der Waals surface area contributed by atoms with E-state index in [9.17, 15) is 0 Å². The van der Waals surface area contributed by atoms with Gasteiger partial charge in [-0.25, -0.2) is 0 Å². The lowest BCUT2D eigenvalue weighted by molar-refractivity contribution is 0.668. The molecule has 14 aromatic rings. The van der Waals surface area contributed by atoms with Gasteiger partial charge in [-0.1, -0.05) is 121 Å². The summed E-state index contributed by atoms with van der Waals surface area (Å²) in [6.45, 7) is 0. The summed E-state index contributed by atoms with van der Waals surface area (Å²) in [6, 6.07) is 57.2. The highest BCUT2D eigenvalue weighted by Gasteiger charge is 2.26. The van der Waals surface area contributed by atoms with Crippen LogP contribution >= 0.6 is 0 Å². The summed E-state index contributed by atoms with van der Waals surface area (Å²) in [6.07, 6.45) is 0. The molecule has 4 heteroatoms. The summed E-state index contributed by atoms with van der Waals surface area (Å²) in [5, 5.41) is 12.2. The van der Waals surface area contributed by atoms with Gasteiger partial charge in [0.1, 0.15) is 22.3 Å². The van der Waals surface area contributed by atoms with Gasteiger partial charge >= 0.3 is 0 Å². The first-order chi connectivity index (χ1) is 26.8. The van der Waals surface area contributed by atoms with Crippen molar-refractivity contribution >= 4 is 109 Å². The Hall–Kier alpha value is -7.30. The SMILES string of the molecule is c1ccc2c(c1)oc1cccc(-c3ccc4c5cccc6c5n(c4c3)c3c4cccc5c7ccc(-c8cccc9oc%10ccccc%10c89)cc7n(c54)c63)c12. The van der Waals surface area contributed by atoms with Gasteiger partial charge in [0, 0.05) is 53.9 Å². The molecule has 0 unspecified atom stereocenters. The van der Waals surface area contributed by atoms with Crippen molar-refractivity contribution in [1.82, 2.24) is 8.80 Å². The Kier molecular flexibility index (Phi) is 4.75. The van der Waals surface area contributed by atoms with Crippen LogP contribution in [0.5, 0.6) is 0 Å². The molecule has 0 aliphatic heterocycles. The Morgan fingerprint density at radius 1 is 0.296 bits per heavy atom.